The summed E-state index contributed by atoms with van der Waals surface area (Å²) in [6.45, 7) is 25.0. The highest BCUT2D eigenvalue weighted by atomic mass is 31.0. The zero-order chi connectivity index (χ0) is 58.4. The molecule has 2 unspecified atom stereocenters. The Bertz CT molecular complexity index is 3420. The molecule has 10 rings (SSSR count). The van der Waals surface area contributed by atoms with E-state index in [2.05, 4.69) is 80.0 Å². The van der Waals surface area contributed by atoms with Gasteiger partial charge in [-0.3, -0.25) is 10.2 Å². The molecular weight excluding hydrogens is 1090 g/mol. The van der Waals surface area contributed by atoms with Crippen LogP contribution in [0.5, 0.6) is 28.7 Å². The Morgan fingerprint density at radius 1 is 0.488 bits per heavy atom. The summed E-state index contributed by atoms with van der Waals surface area (Å²) >= 11 is 0. The highest BCUT2D eigenvalue weighted by Crippen LogP contribution is 2.39. The number of benzene rings is 7. The van der Waals surface area contributed by atoms with E-state index in [1.807, 2.05) is 189 Å². The van der Waals surface area contributed by atoms with E-state index < -0.39 is 12.2 Å². The fourth-order valence-corrected chi connectivity index (χ4v) is 9.20. The highest BCUT2D eigenvalue weighted by molar-refractivity contribution is 6.92. The van der Waals surface area contributed by atoms with Crippen LogP contribution in [0.2, 0.25) is 0 Å². The van der Waals surface area contributed by atoms with Gasteiger partial charge in [-0.1, -0.05) is 103 Å². The quantitative estimate of drug-likeness (QED) is 0.0959. The second-order valence-electron chi connectivity index (χ2n) is 22.0. The van der Waals surface area contributed by atoms with Gasteiger partial charge in [0.25, 0.3) is 0 Å². The summed E-state index contributed by atoms with van der Waals surface area (Å²) in [4.78, 5) is 27.2. The van der Waals surface area contributed by atoms with Gasteiger partial charge < -0.3 is 38.5 Å². The van der Waals surface area contributed by atoms with Crippen molar-refractivity contribution in [3.8, 4) is 28.7 Å². The van der Waals surface area contributed by atoms with Crippen LogP contribution >= 0.6 is 19.8 Å². The summed E-state index contributed by atoms with van der Waals surface area (Å²) in [6.07, 6.45) is 11.4. The van der Waals surface area contributed by atoms with E-state index in [4.69, 9.17) is 33.2 Å². The van der Waals surface area contributed by atoms with Crippen molar-refractivity contribution in [2.45, 2.75) is 119 Å². The monoisotopic (exact) mass is 1170 g/mol. The molecule has 2 atom stereocenters. The van der Waals surface area contributed by atoms with Crippen LogP contribution < -0.4 is 39.2 Å². The first-order chi connectivity index (χ1) is 39.2. The molecule has 0 aliphatic carbocycles. The minimum Gasteiger partial charge on any atom is -0.494 e. The van der Waals surface area contributed by atoms with Crippen molar-refractivity contribution in [1.29, 1.82) is 0 Å². The van der Waals surface area contributed by atoms with Gasteiger partial charge in [-0.25, -0.2) is 9.59 Å². The standard InChI is InChI=1S/C29H31NO4.C22H25NO4.C19H21NO.2H3P/c1-5-32-25-13-11-23(12-14-25)20-33-28(31)30(19-22-9-7-6-8-10-22)26-18-24-15-16-29(3,4)34-27(24)17-21(26)2;1-5-25-18-8-6-16(7-9-18)14-26-21(24)23-19-13-17-10-11-22(3,4)27-20(17)12-15(19)2;1-14-11-18-16(9-10-19(2,3)21-18)12-17(14)20-13-15-7-5-4-6-8-15;;/h6-18H,5,19-20H2,1-4H3;6-13H,5,14H2,1-4H3,(H,23,24);4-12,20H,13H2,1-3H3;2*1H3. The van der Waals surface area contributed by atoms with Crippen LogP contribution in [0.4, 0.5) is 26.7 Å². The number of nitrogens with one attached hydrogen (secondary N) is 2. The zero-order valence-electron chi connectivity index (χ0n) is 50.6. The number of hydrogen-bond donors (Lipinski definition) is 2. The molecule has 3 heterocycles. The number of ether oxygens (including phenoxy) is 7. The molecule has 442 valence electrons. The lowest BCUT2D eigenvalue weighted by Crippen LogP contribution is -2.32. The maximum atomic E-state index is 13.3. The van der Waals surface area contributed by atoms with Crippen molar-refractivity contribution in [3.05, 3.63) is 219 Å². The van der Waals surface area contributed by atoms with Crippen LogP contribution in [0.25, 0.3) is 18.2 Å². The van der Waals surface area contributed by atoms with Gasteiger partial charge >= 0.3 is 12.2 Å². The van der Waals surface area contributed by atoms with Crippen molar-refractivity contribution < 1.29 is 42.7 Å². The van der Waals surface area contributed by atoms with Crippen molar-refractivity contribution in [2.75, 3.05) is 28.7 Å². The van der Waals surface area contributed by atoms with Gasteiger partial charge in [0.15, 0.2) is 0 Å². The molecule has 7 aromatic carbocycles. The predicted octanol–water partition coefficient (Wildman–Crippen LogP) is 17.2. The van der Waals surface area contributed by atoms with Crippen LogP contribution in [0.3, 0.4) is 0 Å². The van der Waals surface area contributed by atoms with E-state index in [-0.39, 0.29) is 49.8 Å². The van der Waals surface area contributed by atoms with Gasteiger partial charge in [0, 0.05) is 34.6 Å². The summed E-state index contributed by atoms with van der Waals surface area (Å²) in [7, 11) is 0. The summed E-state index contributed by atoms with van der Waals surface area (Å²) in [5, 5.41) is 6.32. The number of rotatable bonds is 15. The Kier molecular flexibility index (Phi) is 22.8. The number of anilines is 3. The average Bonchev–Trinajstić information content (AvgIpc) is 2.15. The van der Waals surface area contributed by atoms with Gasteiger partial charge in [0.05, 0.1) is 25.4 Å². The van der Waals surface area contributed by atoms with Crippen LogP contribution in [-0.4, -0.2) is 42.2 Å². The molecule has 84 heavy (non-hydrogen) atoms. The van der Waals surface area contributed by atoms with E-state index in [1.165, 1.54) is 11.1 Å². The predicted molar refractivity (Wildman–Crippen MR) is 353 cm³/mol. The zero-order valence-corrected chi connectivity index (χ0v) is 53.4. The molecule has 0 saturated carbocycles. The van der Waals surface area contributed by atoms with Crippen LogP contribution in [0.1, 0.15) is 111 Å². The number of carbonyl (C=O) groups is 2. The molecule has 0 spiro atoms. The molecule has 3 aliphatic heterocycles. The molecule has 0 aromatic heterocycles. The summed E-state index contributed by atoms with van der Waals surface area (Å²) in [5.74, 6) is 4.19. The van der Waals surface area contributed by atoms with Gasteiger partial charge in [0.1, 0.15) is 58.8 Å². The first kappa shape index (κ1) is 65.1. The molecule has 0 bridgehead atoms. The van der Waals surface area contributed by atoms with Crippen molar-refractivity contribution >= 4 is 67.3 Å². The largest absolute Gasteiger partial charge is 0.494 e. The normalized spacial score (nSPS) is 13.8. The molecule has 2 N–H and O–H groups in total. The Morgan fingerprint density at radius 3 is 1.38 bits per heavy atom. The van der Waals surface area contributed by atoms with Crippen molar-refractivity contribution in [2.24, 2.45) is 0 Å². The SMILES string of the molecule is CCOc1ccc(COC(=O)N(Cc2ccccc2)c2cc3c(cc2C)OC(C)(C)C=C3)cc1.CCOc1ccc(COC(=O)Nc2cc3c(cc2C)OC(C)(C)C=C3)cc1.Cc1cc2c(cc1NCc1ccccc1)C=CC(C)(C)O2.P.P. The minimum absolute atomic E-state index is 0. The second kappa shape index (κ2) is 29.5. The number of aryl methyl sites for hydroxylation is 3. The fraction of sp³-hybridized carbons (Fsp3) is 0.286. The van der Waals surface area contributed by atoms with E-state index in [0.29, 0.717) is 25.4 Å². The lowest BCUT2D eigenvalue weighted by atomic mass is 10.00. The van der Waals surface area contributed by atoms with E-state index in [0.717, 1.165) is 91.2 Å². The van der Waals surface area contributed by atoms with E-state index in [9.17, 15) is 9.59 Å². The fourth-order valence-electron chi connectivity index (χ4n) is 9.20. The maximum absolute atomic E-state index is 13.3. The molecule has 0 fully saturated rings. The smallest absolute Gasteiger partial charge is 0.414 e. The molecule has 14 heteroatoms. The molecule has 3 aliphatic rings. The Labute approximate surface area is 503 Å². The minimum atomic E-state index is -0.493. The third-order valence-corrected chi connectivity index (χ3v) is 13.6. The number of nitrogens with zero attached hydrogens (tertiary/aromatic N) is 1. The summed E-state index contributed by atoms with van der Waals surface area (Å²) in [5.41, 5.74) is 11.9. The van der Waals surface area contributed by atoms with Crippen LogP contribution in [0.15, 0.2) is 164 Å². The lowest BCUT2D eigenvalue weighted by molar-refractivity contribution is 0.146. The number of amides is 2. The molecule has 2 amide bonds. The number of carbonyl (C=O) groups excluding carboxylic acids is 2. The first-order valence-corrected chi connectivity index (χ1v) is 28.0. The van der Waals surface area contributed by atoms with Gasteiger partial charge in [-0.2, -0.15) is 19.8 Å². The average molecular weight is 1170 g/mol. The van der Waals surface area contributed by atoms with Crippen molar-refractivity contribution in [3.63, 3.8) is 0 Å². The third-order valence-electron chi connectivity index (χ3n) is 13.6. The molecule has 7 aromatic rings. The number of hydrogen-bond acceptors (Lipinski definition) is 10. The van der Waals surface area contributed by atoms with Gasteiger partial charge in [-0.15, -0.1) is 0 Å². The Hall–Kier alpha value is -8.04. The van der Waals surface area contributed by atoms with Crippen molar-refractivity contribution in [1.82, 2.24) is 0 Å². The van der Waals surface area contributed by atoms with E-state index in [1.54, 1.807) is 4.90 Å². The van der Waals surface area contributed by atoms with Gasteiger partial charge in [-0.05, 0) is 194 Å². The van der Waals surface area contributed by atoms with E-state index >= 15 is 0 Å². The molecule has 12 nitrogen and oxygen atoms in total. The molecule has 0 radical (unpaired) electrons. The first-order valence-electron chi connectivity index (χ1n) is 28.0. The summed E-state index contributed by atoms with van der Waals surface area (Å²) < 4.78 is 40.0. The Morgan fingerprint density at radius 2 is 0.905 bits per heavy atom. The Balaban J connectivity index is 0.000000205. The summed E-state index contributed by atoms with van der Waals surface area (Å²) in [6, 6.07) is 47.5. The molecular formula is C70H83N3O9P2. The topological polar surface area (TPSA) is 126 Å². The van der Waals surface area contributed by atoms with Gasteiger partial charge in [0.2, 0.25) is 0 Å². The lowest BCUT2D eigenvalue weighted by Gasteiger charge is -2.30. The highest BCUT2D eigenvalue weighted by Gasteiger charge is 2.27. The van der Waals surface area contributed by atoms with Crippen LogP contribution in [0, 0.1) is 20.8 Å². The second-order valence-corrected chi connectivity index (χ2v) is 22.0. The third kappa shape index (κ3) is 18.5. The van der Waals surface area contributed by atoms with Crippen LogP contribution in [-0.2, 0) is 35.8 Å². The molecule has 0 saturated heterocycles. The number of fused-ring (bicyclic) bond motifs is 3. The maximum Gasteiger partial charge on any atom is 0.414 e.